The van der Waals surface area contributed by atoms with Crippen molar-refractivity contribution < 1.29 is 32.2 Å². The second-order valence-corrected chi connectivity index (χ2v) is 9.79. The molecule has 0 saturated heterocycles. The van der Waals surface area contributed by atoms with Crippen LogP contribution in [0.3, 0.4) is 0 Å². The number of nitrogens with zero attached hydrogens (tertiary/aromatic N) is 2. The number of alkyl halides is 3. The highest BCUT2D eigenvalue weighted by atomic mass is 32.2. The Morgan fingerprint density at radius 1 is 1.17 bits per heavy atom. The van der Waals surface area contributed by atoms with Gasteiger partial charge in [-0.05, 0) is 36.3 Å². The van der Waals surface area contributed by atoms with E-state index < -0.39 is 35.6 Å². The summed E-state index contributed by atoms with van der Waals surface area (Å²) in [6.07, 6.45) is -5.63. The van der Waals surface area contributed by atoms with Crippen LogP contribution in [0.1, 0.15) is 57.2 Å². The molecule has 0 fully saturated rings. The van der Waals surface area contributed by atoms with E-state index in [0.717, 1.165) is 17.3 Å². The molecule has 3 rings (SSSR count). The third kappa shape index (κ3) is 6.31. The smallest absolute Gasteiger partial charge is 0.434 e. The highest BCUT2D eigenvalue weighted by Gasteiger charge is 2.49. The number of benzene rings is 1. The van der Waals surface area contributed by atoms with Crippen LogP contribution in [0, 0.1) is 0 Å². The van der Waals surface area contributed by atoms with E-state index in [1.54, 1.807) is 31.4 Å². The molecular weight excluding hydrogens is 495 g/mol. The summed E-state index contributed by atoms with van der Waals surface area (Å²) in [5.41, 5.74) is -0.00606. The Kier molecular flexibility index (Phi) is 8.89. The number of hydrogen-bond acceptors (Lipinski definition) is 7. The number of rotatable bonds is 9. The molecule has 0 unspecified atom stereocenters. The minimum Gasteiger partial charge on any atom is -0.459 e. The minimum atomic E-state index is -4.89. The van der Waals surface area contributed by atoms with Gasteiger partial charge in [-0.15, -0.1) is 0 Å². The van der Waals surface area contributed by atoms with E-state index >= 15 is 0 Å². The maximum absolute atomic E-state index is 14.2. The van der Waals surface area contributed by atoms with Crippen molar-refractivity contribution in [2.75, 3.05) is 20.3 Å². The zero-order valence-corrected chi connectivity index (χ0v) is 21.6. The monoisotopic (exact) mass is 525 g/mol. The maximum Gasteiger partial charge on any atom is 0.434 e. The Morgan fingerprint density at radius 2 is 1.83 bits per heavy atom. The summed E-state index contributed by atoms with van der Waals surface area (Å²) in [6, 6.07) is 5.90. The molecule has 2 aliphatic rings. The van der Waals surface area contributed by atoms with E-state index in [1.807, 2.05) is 26.0 Å². The second-order valence-electron chi connectivity index (χ2n) is 8.95. The first kappa shape index (κ1) is 27.8. The number of amidine groups is 1. The predicted octanol–water partition coefficient (Wildman–Crippen LogP) is 5.03. The lowest BCUT2D eigenvalue weighted by molar-refractivity contribution is -0.144. The number of thioether (sulfide) groups is 1. The van der Waals surface area contributed by atoms with Crippen molar-refractivity contribution in [3.8, 4) is 0 Å². The Hall–Kier alpha value is -2.79. The molecule has 0 saturated carbocycles. The molecule has 0 radical (unpaired) electrons. The van der Waals surface area contributed by atoms with Crippen LogP contribution in [0.5, 0.6) is 0 Å². The van der Waals surface area contributed by atoms with Crippen molar-refractivity contribution in [3.05, 3.63) is 57.8 Å². The van der Waals surface area contributed by atoms with E-state index in [9.17, 15) is 22.8 Å². The minimum absolute atomic E-state index is 0.0426. The molecule has 1 amide bonds. The van der Waals surface area contributed by atoms with Crippen molar-refractivity contribution in [3.63, 3.8) is 0 Å². The summed E-state index contributed by atoms with van der Waals surface area (Å²) < 4.78 is 52.8. The summed E-state index contributed by atoms with van der Waals surface area (Å²) in [4.78, 5) is 31.0. The van der Waals surface area contributed by atoms with Gasteiger partial charge in [0.25, 0.3) is 0 Å². The molecular formula is C25H30F3N3O4S. The third-order valence-electron chi connectivity index (χ3n) is 5.53. The van der Waals surface area contributed by atoms with Gasteiger partial charge in [0.1, 0.15) is 0 Å². The lowest BCUT2D eigenvalue weighted by Gasteiger charge is -2.37. The summed E-state index contributed by atoms with van der Waals surface area (Å²) in [7, 11) is 1.51. The molecule has 196 valence electrons. The first-order chi connectivity index (χ1) is 16.9. The van der Waals surface area contributed by atoms with Crippen molar-refractivity contribution in [1.29, 1.82) is 0 Å². The van der Waals surface area contributed by atoms with Crippen molar-refractivity contribution in [2.24, 2.45) is 4.99 Å². The lowest BCUT2D eigenvalue weighted by atomic mass is 9.91. The summed E-state index contributed by atoms with van der Waals surface area (Å²) in [6.45, 7) is 7.76. The number of fused-ring (bicyclic) bond motifs is 1. The van der Waals surface area contributed by atoms with Crippen molar-refractivity contribution in [2.45, 2.75) is 58.4 Å². The van der Waals surface area contributed by atoms with E-state index in [1.165, 1.54) is 12.0 Å². The van der Waals surface area contributed by atoms with Gasteiger partial charge in [-0.1, -0.05) is 49.9 Å². The van der Waals surface area contributed by atoms with E-state index in [2.05, 4.69) is 10.3 Å². The number of halogens is 3. The van der Waals surface area contributed by atoms with Crippen LogP contribution in [-0.4, -0.2) is 54.5 Å². The molecule has 11 heteroatoms. The van der Waals surface area contributed by atoms with Crippen LogP contribution in [0.2, 0.25) is 0 Å². The number of carbonyl (C=O) groups is 2. The topological polar surface area (TPSA) is 80.2 Å². The van der Waals surface area contributed by atoms with Crippen molar-refractivity contribution in [1.82, 2.24) is 10.2 Å². The number of carbonyl (C=O) groups excluding carboxylic acids is 2. The number of aliphatic imine (C=N–C) groups is 1. The van der Waals surface area contributed by atoms with E-state index in [-0.39, 0.29) is 23.4 Å². The first-order valence-electron chi connectivity index (χ1n) is 11.6. The Labute approximate surface area is 212 Å². The number of hydrogen-bond donors (Lipinski definition) is 1. The van der Waals surface area contributed by atoms with Gasteiger partial charge in [-0.2, -0.15) is 13.2 Å². The zero-order valence-electron chi connectivity index (χ0n) is 20.8. The molecule has 1 N–H and O–H groups in total. The van der Waals surface area contributed by atoms with Gasteiger partial charge in [0.05, 0.1) is 30.7 Å². The van der Waals surface area contributed by atoms with E-state index in [0.29, 0.717) is 24.4 Å². The fraction of sp³-hybridized carbons (Fsp3) is 0.480. The van der Waals surface area contributed by atoms with Gasteiger partial charge in [0, 0.05) is 19.4 Å². The van der Waals surface area contributed by atoms with Crippen LogP contribution in [0.15, 0.2) is 51.6 Å². The number of ether oxygens (including phenoxy) is 2. The molecule has 0 spiro atoms. The van der Waals surface area contributed by atoms with Gasteiger partial charge < -0.3 is 19.7 Å². The van der Waals surface area contributed by atoms with Gasteiger partial charge in [0.2, 0.25) is 5.91 Å². The van der Waals surface area contributed by atoms with E-state index in [4.69, 9.17) is 9.47 Å². The average molecular weight is 526 g/mol. The second kappa shape index (κ2) is 11.5. The van der Waals surface area contributed by atoms with Gasteiger partial charge >= 0.3 is 12.1 Å². The van der Waals surface area contributed by atoms with Gasteiger partial charge in [-0.25, -0.2) is 9.79 Å². The largest absolute Gasteiger partial charge is 0.459 e. The van der Waals surface area contributed by atoms with Crippen LogP contribution >= 0.6 is 11.8 Å². The predicted molar refractivity (Wildman–Crippen MR) is 132 cm³/mol. The molecule has 0 aliphatic carbocycles. The standard InChI is InChI=1S/C25H30F3N3O4S/c1-14(2)16-6-8-17(9-7-16)21-20(23(33)35-15(3)4)22(25(26,27)28)30-24-31(21)18(13-36-24)12-19(32)29-10-11-34-5/h6-9,13-15,21H,10-12H2,1-5H3,(H,29,32)/t21-/m0/s1. The highest BCUT2D eigenvalue weighted by Crippen LogP contribution is 2.48. The normalized spacial score (nSPS) is 17.8. The molecule has 36 heavy (non-hydrogen) atoms. The summed E-state index contributed by atoms with van der Waals surface area (Å²) in [5, 5.41) is 4.34. The Bertz CT molecular complexity index is 1080. The molecule has 0 aromatic heterocycles. The van der Waals surface area contributed by atoms with Crippen LogP contribution in [-0.2, 0) is 19.1 Å². The Balaban J connectivity index is 2.11. The number of amides is 1. The Morgan fingerprint density at radius 3 is 2.39 bits per heavy atom. The van der Waals surface area contributed by atoms with Gasteiger partial charge in [-0.3, -0.25) is 4.79 Å². The SMILES string of the molecule is COCCNC(=O)CC1=CSC2=NC(C(F)(F)F)=C(C(=O)OC(C)C)[C@H](c3ccc(C(C)C)cc3)N12. The van der Waals surface area contributed by atoms with Crippen LogP contribution < -0.4 is 5.32 Å². The van der Waals surface area contributed by atoms with Crippen molar-refractivity contribution >= 4 is 28.8 Å². The maximum atomic E-state index is 14.2. The number of esters is 1. The molecule has 1 aromatic rings. The van der Waals surface area contributed by atoms with Crippen LogP contribution in [0.25, 0.3) is 0 Å². The number of methoxy groups -OCH3 is 1. The molecule has 0 bridgehead atoms. The third-order valence-corrected chi connectivity index (χ3v) is 6.42. The number of nitrogens with one attached hydrogen (secondary N) is 1. The molecule has 7 nitrogen and oxygen atoms in total. The fourth-order valence-corrected chi connectivity index (χ4v) is 4.77. The average Bonchev–Trinajstić information content (AvgIpc) is 3.19. The fourth-order valence-electron chi connectivity index (χ4n) is 3.86. The van der Waals surface area contributed by atoms with Gasteiger partial charge in [0.15, 0.2) is 10.9 Å². The highest BCUT2D eigenvalue weighted by molar-refractivity contribution is 8.16. The summed E-state index contributed by atoms with van der Waals surface area (Å²) >= 11 is 0.982. The first-order valence-corrected chi connectivity index (χ1v) is 12.4. The summed E-state index contributed by atoms with van der Waals surface area (Å²) in [5.74, 6) is -1.22. The number of allylic oxidation sites excluding steroid dienone is 1. The lowest BCUT2D eigenvalue weighted by Crippen LogP contribution is -2.40. The molecule has 2 aliphatic heterocycles. The quantitative estimate of drug-likeness (QED) is 0.360. The van der Waals surface area contributed by atoms with Crippen LogP contribution in [0.4, 0.5) is 13.2 Å². The molecule has 2 heterocycles. The molecule has 1 atom stereocenters. The molecule has 1 aromatic carbocycles. The zero-order chi connectivity index (χ0) is 26.6.